The summed E-state index contributed by atoms with van der Waals surface area (Å²) in [5.74, 6) is 3.64. The average molecular weight is 235 g/mol. The van der Waals surface area contributed by atoms with Crippen LogP contribution >= 0.6 is 11.8 Å². The molecular formula is C14H21NS. The lowest BCUT2D eigenvalue weighted by atomic mass is 10.1. The van der Waals surface area contributed by atoms with Gasteiger partial charge in [-0.2, -0.15) is 11.8 Å². The monoisotopic (exact) mass is 235 g/mol. The third-order valence-electron chi connectivity index (χ3n) is 3.13. The molecule has 1 nitrogen and oxygen atoms in total. The Kier molecular flexibility index (Phi) is 4.73. The zero-order valence-electron chi connectivity index (χ0n) is 10.0. The lowest BCUT2D eigenvalue weighted by Crippen LogP contribution is -2.24. The fourth-order valence-corrected chi connectivity index (χ4v) is 3.44. The molecule has 0 saturated carbocycles. The SMILES string of the molecule is Cc1cccc(CCNCC2CCSC2)c1. The molecule has 1 atom stereocenters. The van der Waals surface area contributed by atoms with Gasteiger partial charge in [0.25, 0.3) is 0 Å². The first-order chi connectivity index (χ1) is 7.84. The molecule has 0 radical (unpaired) electrons. The smallest absolute Gasteiger partial charge is 0.000823 e. The fourth-order valence-electron chi connectivity index (χ4n) is 2.15. The molecule has 1 aliphatic heterocycles. The van der Waals surface area contributed by atoms with Crippen LogP contribution in [-0.4, -0.2) is 24.6 Å². The van der Waals surface area contributed by atoms with Gasteiger partial charge in [0.1, 0.15) is 0 Å². The van der Waals surface area contributed by atoms with Gasteiger partial charge < -0.3 is 5.32 Å². The number of hydrogen-bond acceptors (Lipinski definition) is 2. The van der Waals surface area contributed by atoms with Crippen LogP contribution in [0.3, 0.4) is 0 Å². The third-order valence-corrected chi connectivity index (χ3v) is 4.36. The van der Waals surface area contributed by atoms with E-state index in [0.29, 0.717) is 0 Å². The molecule has 0 aromatic heterocycles. The van der Waals surface area contributed by atoms with E-state index < -0.39 is 0 Å². The molecule has 2 heteroatoms. The lowest BCUT2D eigenvalue weighted by Gasteiger charge is -2.09. The van der Waals surface area contributed by atoms with Crippen molar-refractivity contribution in [3.8, 4) is 0 Å². The van der Waals surface area contributed by atoms with Gasteiger partial charge in [-0.15, -0.1) is 0 Å². The van der Waals surface area contributed by atoms with E-state index >= 15 is 0 Å². The number of nitrogens with one attached hydrogen (secondary N) is 1. The molecule has 1 aliphatic rings. The van der Waals surface area contributed by atoms with Gasteiger partial charge >= 0.3 is 0 Å². The maximum atomic E-state index is 3.58. The van der Waals surface area contributed by atoms with Crippen molar-refractivity contribution in [3.63, 3.8) is 0 Å². The molecule has 1 heterocycles. The highest BCUT2D eigenvalue weighted by Crippen LogP contribution is 2.22. The van der Waals surface area contributed by atoms with Gasteiger partial charge in [0, 0.05) is 0 Å². The van der Waals surface area contributed by atoms with Crippen molar-refractivity contribution < 1.29 is 0 Å². The standard InChI is InChI=1S/C14H21NS/c1-12-3-2-4-13(9-12)5-7-15-10-14-6-8-16-11-14/h2-4,9,14-15H,5-8,10-11H2,1H3. The summed E-state index contributed by atoms with van der Waals surface area (Å²) in [6, 6.07) is 8.82. The number of thioether (sulfide) groups is 1. The first-order valence-corrected chi connectivity index (χ1v) is 7.34. The van der Waals surface area contributed by atoms with Crippen LogP contribution in [0.4, 0.5) is 0 Å². The number of hydrogen-bond donors (Lipinski definition) is 1. The highest BCUT2D eigenvalue weighted by Gasteiger charge is 2.14. The van der Waals surface area contributed by atoms with Gasteiger partial charge in [-0.05, 0) is 55.8 Å². The Hall–Kier alpha value is -0.470. The van der Waals surface area contributed by atoms with Gasteiger partial charge in [-0.3, -0.25) is 0 Å². The summed E-state index contributed by atoms with van der Waals surface area (Å²) in [5, 5.41) is 3.58. The third kappa shape index (κ3) is 3.84. The molecule has 1 unspecified atom stereocenters. The molecule has 1 aromatic carbocycles. The van der Waals surface area contributed by atoms with Crippen LogP contribution in [0.25, 0.3) is 0 Å². The molecule has 0 spiro atoms. The van der Waals surface area contributed by atoms with E-state index in [9.17, 15) is 0 Å². The Labute approximate surface area is 103 Å². The predicted molar refractivity (Wildman–Crippen MR) is 73.2 cm³/mol. The molecule has 1 aromatic rings. The predicted octanol–water partition coefficient (Wildman–Crippen LogP) is 2.88. The largest absolute Gasteiger partial charge is 0.316 e. The highest BCUT2D eigenvalue weighted by atomic mass is 32.2. The molecule has 2 rings (SSSR count). The van der Waals surface area contributed by atoms with Crippen molar-refractivity contribution in [1.82, 2.24) is 5.32 Å². The van der Waals surface area contributed by atoms with Gasteiger partial charge in [0.2, 0.25) is 0 Å². The van der Waals surface area contributed by atoms with E-state index in [1.54, 1.807) is 0 Å². The second-order valence-corrected chi connectivity index (χ2v) is 5.82. The maximum Gasteiger partial charge on any atom is -0.000823 e. The minimum absolute atomic E-state index is 0.919. The second-order valence-electron chi connectivity index (χ2n) is 4.67. The summed E-state index contributed by atoms with van der Waals surface area (Å²) in [6.07, 6.45) is 2.56. The molecule has 88 valence electrons. The van der Waals surface area contributed by atoms with Crippen molar-refractivity contribution in [2.45, 2.75) is 19.8 Å². The zero-order chi connectivity index (χ0) is 11.2. The zero-order valence-corrected chi connectivity index (χ0v) is 10.9. The number of rotatable bonds is 5. The van der Waals surface area contributed by atoms with E-state index in [4.69, 9.17) is 0 Å². The summed E-state index contributed by atoms with van der Waals surface area (Å²) in [4.78, 5) is 0. The lowest BCUT2D eigenvalue weighted by molar-refractivity contribution is 0.525. The van der Waals surface area contributed by atoms with Crippen LogP contribution in [-0.2, 0) is 6.42 Å². The van der Waals surface area contributed by atoms with Crippen LogP contribution < -0.4 is 5.32 Å². The van der Waals surface area contributed by atoms with Gasteiger partial charge in [-0.1, -0.05) is 29.8 Å². The molecule has 0 bridgehead atoms. The van der Waals surface area contributed by atoms with Crippen molar-refractivity contribution in [3.05, 3.63) is 35.4 Å². The molecule has 0 aliphatic carbocycles. The summed E-state index contributed by atoms with van der Waals surface area (Å²) >= 11 is 2.10. The highest BCUT2D eigenvalue weighted by molar-refractivity contribution is 7.99. The topological polar surface area (TPSA) is 12.0 Å². The fraction of sp³-hybridized carbons (Fsp3) is 0.571. The van der Waals surface area contributed by atoms with Crippen molar-refractivity contribution in [1.29, 1.82) is 0 Å². The van der Waals surface area contributed by atoms with E-state index in [-0.39, 0.29) is 0 Å². The van der Waals surface area contributed by atoms with Crippen LogP contribution in [0.1, 0.15) is 17.5 Å². The Morgan fingerprint density at radius 1 is 1.44 bits per heavy atom. The quantitative estimate of drug-likeness (QED) is 0.788. The van der Waals surface area contributed by atoms with Gasteiger partial charge in [0.15, 0.2) is 0 Å². The van der Waals surface area contributed by atoms with Crippen LogP contribution in [0.2, 0.25) is 0 Å². The van der Waals surface area contributed by atoms with Crippen molar-refractivity contribution in [2.75, 3.05) is 24.6 Å². The molecule has 16 heavy (non-hydrogen) atoms. The minimum Gasteiger partial charge on any atom is -0.316 e. The van der Waals surface area contributed by atoms with Crippen molar-refractivity contribution in [2.24, 2.45) is 5.92 Å². The number of benzene rings is 1. The first-order valence-electron chi connectivity index (χ1n) is 6.18. The Morgan fingerprint density at radius 2 is 2.38 bits per heavy atom. The van der Waals surface area contributed by atoms with E-state index in [1.807, 2.05) is 0 Å². The molecule has 1 fully saturated rings. The Morgan fingerprint density at radius 3 is 3.12 bits per heavy atom. The summed E-state index contributed by atoms with van der Waals surface area (Å²) in [5.41, 5.74) is 2.82. The molecule has 1 N–H and O–H groups in total. The summed E-state index contributed by atoms with van der Waals surface area (Å²) in [6.45, 7) is 4.48. The Bertz CT molecular complexity index is 318. The normalized spacial score (nSPS) is 20.2. The second kappa shape index (κ2) is 6.31. The number of aryl methyl sites for hydroxylation is 1. The molecule has 0 amide bonds. The van der Waals surface area contributed by atoms with Crippen LogP contribution in [0.5, 0.6) is 0 Å². The summed E-state index contributed by atoms with van der Waals surface area (Å²) in [7, 11) is 0. The maximum absolute atomic E-state index is 3.58. The average Bonchev–Trinajstić information content (AvgIpc) is 2.77. The van der Waals surface area contributed by atoms with Crippen LogP contribution in [0.15, 0.2) is 24.3 Å². The van der Waals surface area contributed by atoms with E-state index in [2.05, 4.69) is 48.3 Å². The Balaban J connectivity index is 1.64. The van der Waals surface area contributed by atoms with E-state index in [1.165, 1.54) is 35.6 Å². The van der Waals surface area contributed by atoms with Crippen molar-refractivity contribution >= 4 is 11.8 Å². The summed E-state index contributed by atoms with van der Waals surface area (Å²) < 4.78 is 0. The van der Waals surface area contributed by atoms with Gasteiger partial charge in [-0.25, -0.2) is 0 Å². The minimum atomic E-state index is 0.919. The van der Waals surface area contributed by atoms with Gasteiger partial charge in [0.05, 0.1) is 0 Å². The first kappa shape index (κ1) is 12.0. The van der Waals surface area contributed by atoms with Crippen LogP contribution in [0, 0.1) is 12.8 Å². The molecular weight excluding hydrogens is 214 g/mol. The molecule has 1 saturated heterocycles. The van der Waals surface area contributed by atoms with E-state index in [0.717, 1.165) is 18.9 Å².